The molecule has 122 valence electrons. The smallest absolute Gasteiger partial charge is 0.227 e. The first-order valence-electron chi connectivity index (χ1n) is 7.98. The van der Waals surface area contributed by atoms with Crippen molar-refractivity contribution in [2.75, 3.05) is 33.2 Å². The summed E-state index contributed by atoms with van der Waals surface area (Å²) < 4.78 is 5.29. The Morgan fingerprint density at radius 3 is 2.70 bits per heavy atom. The molecule has 0 N–H and O–H groups in total. The van der Waals surface area contributed by atoms with Crippen molar-refractivity contribution in [2.45, 2.75) is 19.8 Å². The van der Waals surface area contributed by atoms with Crippen molar-refractivity contribution in [1.82, 2.24) is 19.9 Å². The molecule has 0 saturated carbocycles. The van der Waals surface area contributed by atoms with Crippen molar-refractivity contribution in [3.63, 3.8) is 0 Å². The van der Waals surface area contributed by atoms with E-state index >= 15 is 0 Å². The maximum absolute atomic E-state index is 12.2. The van der Waals surface area contributed by atoms with Gasteiger partial charge in [0.1, 0.15) is 0 Å². The van der Waals surface area contributed by atoms with Gasteiger partial charge in [0.05, 0.1) is 0 Å². The van der Waals surface area contributed by atoms with Crippen molar-refractivity contribution < 1.29 is 9.32 Å². The van der Waals surface area contributed by atoms with Gasteiger partial charge in [0, 0.05) is 44.6 Å². The topological polar surface area (TPSA) is 62.5 Å². The largest absolute Gasteiger partial charge is 0.340 e. The minimum atomic E-state index is 0.161. The van der Waals surface area contributed by atoms with Gasteiger partial charge in [-0.05, 0) is 19.5 Å². The van der Waals surface area contributed by atoms with Crippen LogP contribution in [0.15, 0.2) is 28.8 Å². The van der Waals surface area contributed by atoms with E-state index in [2.05, 4.69) is 22.1 Å². The van der Waals surface area contributed by atoms with Gasteiger partial charge >= 0.3 is 0 Å². The molecule has 0 unspecified atom stereocenters. The Labute approximate surface area is 136 Å². The van der Waals surface area contributed by atoms with Gasteiger partial charge in [0.2, 0.25) is 17.6 Å². The molecule has 0 aliphatic carbocycles. The highest BCUT2D eigenvalue weighted by Crippen LogP contribution is 2.20. The molecule has 6 nitrogen and oxygen atoms in total. The molecule has 1 aromatic heterocycles. The highest BCUT2D eigenvalue weighted by atomic mass is 16.5. The fraction of sp³-hybridized carbons (Fsp3) is 0.471. The van der Waals surface area contributed by atoms with Crippen LogP contribution in [0, 0.1) is 6.92 Å². The normalized spacial score (nSPS) is 15.8. The summed E-state index contributed by atoms with van der Waals surface area (Å²) in [5.41, 5.74) is 2.07. The molecule has 23 heavy (non-hydrogen) atoms. The van der Waals surface area contributed by atoms with Crippen LogP contribution in [0.3, 0.4) is 0 Å². The lowest BCUT2D eigenvalue weighted by Crippen LogP contribution is -2.47. The van der Waals surface area contributed by atoms with Gasteiger partial charge in [-0.3, -0.25) is 4.79 Å². The van der Waals surface area contributed by atoms with Crippen LogP contribution >= 0.6 is 0 Å². The molecule has 0 spiro atoms. The Hall–Kier alpha value is -2.21. The Morgan fingerprint density at radius 1 is 1.22 bits per heavy atom. The van der Waals surface area contributed by atoms with E-state index in [0.29, 0.717) is 24.6 Å². The van der Waals surface area contributed by atoms with E-state index in [1.165, 1.54) is 0 Å². The lowest BCUT2D eigenvalue weighted by Gasteiger charge is -2.32. The van der Waals surface area contributed by atoms with Crippen LogP contribution in [0.4, 0.5) is 0 Å². The zero-order valence-electron chi connectivity index (χ0n) is 13.7. The van der Waals surface area contributed by atoms with Crippen LogP contribution in [0.25, 0.3) is 11.4 Å². The SMILES string of the molecule is Cc1ccccc1-c1noc(CCC(=O)N2CCN(C)CC2)n1. The number of carbonyl (C=O) groups excluding carboxylic acids is 1. The summed E-state index contributed by atoms with van der Waals surface area (Å²) in [4.78, 5) is 20.8. The number of amides is 1. The predicted molar refractivity (Wildman–Crippen MR) is 86.9 cm³/mol. The van der Waals surface area contributed by atoms with Crippen LogP contribution in [0.2, 0.25) is 0 Å². The molecule has 1 aromatic carbocycles. The van der Waals surface area contributed by atoms with Crippen LogP contribution in [-0.4, -0.2) is 59.1 Å². The summed E-state index contributed by atoms with van der Waals surface area (Å²) in [5.74, 6) is 1.27. The monoisotopic (exact) mass is 314 g/mol. The maximum atomic E-state index is 12.2. The van der Waals surface area contributed by atoms with Crippen molar-refractivity contribution in [3.8, 4) is 11.4 Å². The summed E-state index contributed by atoms with van der Waals surface area (Å²) in [5, 5.41) is 4.03. The van der Waals surface area contributed by atoms with Gasteiger partial charge < -0.3 is 14.3 Å². The highest BCUT2D eigenvalue weighted by Gasteiger charge is 2.19. The van der Waals surface area contributed by atoms with E-state index in [-0.39, 0.29) is 5.91 Å². The molecule has 1 aliphatic heterocycles. The summed E-state index contributed by atoms with van der Waals surface area (Å²) in [6, 6.07) is 7.92. The number of nitrogens with zero attached hydrogens (tertiary/aromatic N) is 4. The molecule has 2 heterocycles. The van der Waals surface area contributed by atoms with Crippen molar-refractivity contribution in [3.05, 3.63) is 35.7 Å². The second-order valence-corrected chi connectivity index (χ2v) is 6.01. The molecule has 0 radical (unpaired) electrons. The number of piperazine rings is 1. The molecule has 0 bridgehead atoms. The Bertz CT molecular complexity index is 675. The van der Waals surface area contributed by atoms with Crippen molar-refractivity contribution in [1.29, 1.82) is 0 Å². The van der Waals surface area contributed by atoms with Crippen LogP contribution < -0.4 is 0 Å². The van der Waals surface area contributed by atoms with Crippen LogP contribution in [0.1, 0.15) is 17.9 Å². The molecular weight excluding hydrogens is 292 g/mol. The fourth-order valence-electron chi connectivity index (χ4n) is 2.72. The second-order valence-electron chi connectivity index (χ2n) is 6.01. The maximum Gasteiger partial charge on any atom is 0.227 e. The van der Waals surface area contributed by atoms with E-state index in [4.69, 9.17) is 4.52 Å². The Balaban J connectivity index is 1.57. The number of aromatic nitrogens is 2. The predicted octanol–water partition coefficient (Wildman–Crippen LogP) is 1.75. The number of aryl methyl sites for hydroxylation is 2. The number of rotatable bonds is 4. The first-order valence-corrected chi connectivity index (χ1v) is 7.98. The third-order valence-electron chi connectivity index (χ3n) is 4.26. The molecule has 1 amide bonds. The molecular formula is C17H22N4O2. The minimum absolute atomic E-state index is 0.161. The van der Waals surface area contributed by atoms with Crippen molar-refractivity contribution >= 4 is 5.91 Å². The second kappa shape index (κ2) is 6.91. The van der Waals surface area contributed by atoms with E-state index in [0.717, 1.165) is 37.3 Å². The number of benzene rings is 1. The van der Waals surface area contributed by atoms with E-state index in [9.17, 15) is 4.79 Å². The lowest BCUT2D eigenvalue weighted by molar-refractivity contribution is -0.132. The highest BCUT2D eigenvalue weighted by molar-refractivity contribution is 5.76. The van der Waals surface area contributed by atoms with Gasteiger partial charge in [-0.25, -0.2) is 0 Å². The molecule has 3 rings (SSSR count). The number of hydrogen-bond acceptors (Lipinski definition) is 5. The quantitative estimate of drug-likeness (QED) is 0.860. The summed E-state index contributed by atoms with van der Waals surface area (Å²) in [6.07, 6.45) is 0.906. The Kier molecular flexibility index (Phi) is 4.71. The van der Waals surface area contributed by atoms with Crippen LogP contribution in [-0.2, 0) is 11.2 Å². The lowest BCUT2D eigenvalue weighted by atomic mass is 10.1. The number of carbonyl (C=O) groups is 1. The Morgan fingerprint density at radius 2 is 1.96 bits per heavy atom. The zero-order chi connectivity index (χ0) is 16.2. The summed E-state index contributed by atoms with van der Waals surface area (Å²) in [7, 11) is 2.08. The number of hydrogen-bond donors (Lipinski definition) is 0. The van der Waals surface area contributed by atoms with Gasteiger partial charge in [0.15, 0.2) is 0 Å². The van der Waals surface area contributed by atoms with Gasteiger partial charge in [-0.15, -0.1) is 0 Å². The summed E-state index contributed by atoms with van der Waals surface area (Å²) in [6.45, 7) is 5.48. The molecule has 6 heteroatoms. The third kappa shape index (κ3) is 3.76. The van der Waals surface area contributed by atoms with E-state index in [1.807, 2.05) is 36.1 Å². The minimum Gasteiger partial charge on any atom is -0.340 e. The average Bonchev–Trinajstić information content (AvgIpc) is 3.02. The fourth-order valence-corrected chi connectivity index (χ4v) is 2.72. The molecule has 1 saturated heterocycles. The first kappa shape index (κ1) is 15.7. The zero-order valence-corrected chi connectivity index (χ0v) is 13.7. The standard InChI is InChI=1S/C17H22N4O2/c1-13-5-3-4-6-14(13)17-18-15(23-19-17)7-8-16(22)21-11-9-20(2)10-12-21/h3-6H,7-12H2,1-2H3. The van der Waals surface area contributed by atoms with Gasteiger partial charge in [-0.2, -0.15) is 4.98 Å². The summed E-state index contributed by atoms with van der Waals surface area (Å²) >= 11 is 0. The number of likely N-dealkylation sites (N-methyl/N-ethyl adjacent to an activating group) is 1. The third-order valence-corrected chi connectivity index (χ3v) is 4.26. The average molecular weight is 314 g/mol. The van der Waals surface area contributed by atoms with Crippen LogP contribution in [0.5, 0.6) is 0 Å². The van der Waals surface area contributed by atoms with Gasteiger partial charge in [-0.1, -0.05) is 29.4 Å². The molecule has 1 aliphatic rings. The van der Waals surface area contributed by atoms with E-state index < -0.39 is 0 Å². The first-order chi connectivity index (χ1) is 11.1. The molecule has 2 aromatic rings. The molecule has 1 fully saturated rings. The van der Waals surface area contributed by atoms with Crippen molar-refractivity contribution in [2.24, 2.45) is 0 Å². The molecule has 0 atom stereocenters. The van der Waals surface area contributed by atoms with E-state index in [1.54, 1.807) is 0 Å². The van der Waals surface area contributed by atoms with Gasteiger partial charge in [0.25, 0.3) is 0 Å².